The number of hydrogen-bond donors (Lipinski definition) is 1. The number of benzene rings is 1. The van der Waals surface area contributed by atoms with E-state index in [2.05, 4.69) is 23.1 Å². The number of esters is 1. The Morgan fingerprint density at radius 3 is 2.60 bits per heavy atom. The molecule has 0 unspecified atom stereocenters. The first-order valence-electron chi connectivity index (χ1n) is 9.74. The van der Waals surface area contributed by atoms with Crippen molar-refractivity contribution in [1.82, 2.24) is 9.55 Å². The number of imidazole rings is 1. The van der Waals surface area contributed by atoms with Gasteiger partial charge in [-0.25, -0.2) is 9.78 Å². The van der Waals surface area contributed by atoms with Crippen LogP contribution >= 0.6 is 11.3 Å². The maximum atomic E-state index is 12.0. The number of carbonyl (C=O) groups excluding carboxylic acids is 2. The Hall–Kier alpha value is -3.19. The average molecular weight is 424 g/mol. The molecule has 3 aromatic rings. The topological polar surface area (TPSA) is 87.2 Å². The lowest BCUT2D eigenvalue weighted by atomic mass is 10.1. The fraction of sp³-hybridized carbons (Fsp3) is 0.261. The van der Waals surface area contributed by atoms with Gasteiger partial charge in [0.1, 0.15) is 5.82 Å². The van der Waals surface area contributed by atoms with Crippen molar-refractivity contribution in [2.24, 2.45) is 5.73 Å². The largest absolute Gasteiger partial charge is 0.465 e. The minimum absolute atomic E-state index is 0.330. The summed E-state index contributed by atoms with van der Waals surface area (Å²) in [7, 11) is 1.35. The van der Waals surface area contributed by atoms with Gasteiger partial charge in [-0.2, -0.15) is 0 Å². The zero-order chi connectivity index (χ0) is 21.7. The van der Waals surface area contributed by atoms with Crippen LogP contribution in [0.1, 0.15) is 46.4 Å². The lowest BCUT2D eigenvalue weighted by Crippen LogP contribution is -2.11. The van der Waals surface area contributed by atoms with Crippen molar-refractivity contribution in [3.63, 3.8) is 0 Å². The number of aromatic nitrogens is 2. The van der Waals surface area contributed by atoms with E-state index < -0.39 is 11.9 Å². The molecule has 2 N–H and O–H groups in total. The van der Waals surface area contributed by atoms with Crippen LogP contribution in [0.5, 0.6) is 0 Å². The number of nitrogens with two attached hydrogens (primary N) is 1. The Balaban J connectivity index is 2.01. The second-order valence-electron chi connectivity index (χ2n) is 6.94. The van der Waals surface area contributed by atoms with Crippen molar-refractivity contribution in [3.05, 3.63) is 70.3 Å². The van der Waals surface area contributed by atoms with Crippen molar-refractivity contribution in [3.8, 4) is 11.3 Å². The summed E-state index contributed by atoms with van der Waals surface area (Å²) < 4.78 is 7.01. The maximum Gasteiger partial charge on any atom is 0.338 e. The molecular formula is C23H25N3O3S. The molecule has 2 aromatic heterocycles. The number of aryl methyl sites for hydroxylation is 1. The van der Waals surface area contributed by atoms with E-state index in [1.54, 1.807) is 12.1 Å². The number of amides is 1. The minimum Gasteiger partial charge on any atom is -0.465 e. The molecular weight excluding hydrogens is 398 g/mol. The number of thiophene rings is 1. The molecule has 1 amide bonds. The van der Waals surface area contributed by atoms with E-state index in [-0.39, 0.29) is 0 Å². The molecule has 3 rings (SSSR count). The van der Waals surface area contributed by atoms with Gasteiger partial charge in [-0.1, -0.05) is 32.1 Å². The Morgan fingerprint density at radius 1 is 1.23 bits per heavy atom. The van der Waals surface area contributed by atoms with Crippen LogP contribution in [0.3, 0.4) is 0 Å². The van der Waals surface area contributed by atoms with Gasteiger partial charge in [0.15, 0.2) is 0 Å². The summed E-state index contributed by atoms with van der Waals surface area (Å²) in [6, 6.07) is 9.23. The summed E-state index contributed by atoms with van der Waals surface area (Å²) in [4.78, 5) is 28.8. The molecule has 0 aliphatic rings. The molecule has 7 heteroatoms. The number of primary amides is 1. The van der Waals surface area contributed by atoms with Crippen LogP contribution in [0.2, 0.25) is 0 Å². The Kier molecular flexibility index (Phi) is 6.84. The molecule has 0 atom stereocenters. The van der Waals surface area contributed by atoms with Crippen LogP contribution in [0.4, 0.5) is 0 Å². The lowest BCUT2D eigenvalue weighted by molar-refractivity contribution is -0.133. The highest BCUT2D eigenvalue weighted by Gasteiger charge is 2.20. The number of hydrogen-bond acceptors (Lipinski definition) is 5. The van der Waals surface area contributed by atoms with E-state index >= 15 is 0 Å². The van der Waals surface area contributed by atoms with Gasteiger partial charge >= 0.3 is 5.97 Å². The van der Waals surface area contributed by atoms with Gasteiger partial charge in [0.05, 0.1) is 29.5 Å². The molecule has 0 spiro atoms. The third-order valence-electron chi connectivity index (χ3n) is 4.92. The monoisotopic (exact) mass is 423 g/mol. The Morgan fingerprint density at radius 2 is 1.97 bits per heavy atom. The van der Waals surface area contributed by atoms with Crippen LogP contribution < -0.4 is 5.73 Å². The predicted octanol–water partition coefficient (Wildman–Crippen LogP) is 4.29. The number of methoxy groups -OCH3 is 1. The summed E-state index contributed by atoms with van der Waals surface area (Å²) in [5, 5.41) is 1.93. The predicted molar refractivity (Wildman–Crippen MR) is 119 cm³/mol. The van der Waals surface area contributed by atoms with E-state index in [1.165, 1.54) is 18.4 Å². The van der Waals surface area contributed by atoms with Crippen LogP contribution in [-0.4, -0.2) is 28.5 Å². The second kappa shape index (κ2) is 9.54. The number of ether oxygens (including phenoxy) is 1. The standard InChI is InChI=1S/C23H25N3O3S/c1-4-5-6-20-25-13-19(18-11-12-30-21(18)15(2)23(28)29-3)26(20)14-16-7-9-17(10-8-16)22(24)27/h7-13H,2,4-6,14H2,1,3H3,(H2,24,27). The molecule has 2 heterocycles. The van der Waals surface area contributed by atoms with E-state index in [9.17, 15) is 9.59 Å². The first-order chi connectivity index (χ1) is 14.5. The molecule has 30 heavy (non-hydrogen) atoms. The summed E-state index contributed by atoms with van der Waals surface area (Å²) in [6.07, 6.45) is 4.80. The lowest BCUT2D eigenvalue weighted by Gasteiger charge is -2.14. The van der Waals surface area contributed by atoms with Crippen molar-refractivity contribution in [2.75, 3.05) is 7.11 Å². The molecule has 156 valence electrons. The highest BCUT2D eigenvalue weighted by Crippen LogP contribution is 2.34. The van der Waals surface area contributed by atoms with Crippen molar-refractivity contribution in [2.45, 2.75) is 32.7 Å². The smallest absolute Gasteiger partial charge is 0.338 e. The van der Waals surface area contributed by atoms with Crippen molar-refractivity contribution >= 4 is 28.8 Å². The highest BCUT2D eigenvalue weighted by atomic mass is 32.1. The van der Waals surface area contributed by atoms with E-state index in [0.29, 0.717) is 17.7 Å². The van der Waals surface area contributed by atoms with E-state index in [4.69, 9.17) is 10.5 Å². The molecule has 0 aliphatic heterocycles. The average Bonchev–Trinajstić information content (AvgIpc) is 3.38. The van der Waals surface area contributed by atoms with Gasteiger partial charge in [-0.3, -0.25) is 4.79 Å². The molecule has 6 nitrogen and oxygen atoms in total. The van der Waals surface area contributed by atoms with E-state index in [1.807, 2.05) is 29.8 Å². The number of unbranched alkanes of at least 4 members (excludes halogenated alkanes) is 1. The van der Waals surface area contributed by atoms with E-state index in [0.717, 1.165) is 46.8 Å². The summed E-state index contributed by atoms with van der Waals surface area (Å²) >= 11 is 1.45. The molecule has 0 saturated heterocycles. The maximum absolute atomic E-state index is 12.0. The van der Waals surface area contributed by atoms with Crippen molar-refractivity contribution in [1.29, 1.82) is 0 Å². The zero-order valence-corrected chi connectivity index (χ0v) is 18.0. The molecule has 1 aromatic carbocycles. The molecule has 0 fully saturated rings. The summed E-state index contributed by atoms with van der Waals surface area (Å²) in [5.74, 6) is 0.0856. The van der Waals surface area contributed by atoms with Gasteiger partial charge in [-0.15, -0.1) is 11.3 Å². The zero-order valence-electron chi connectivity index (χ0n) is 17.2. The molecule has 0 bridgehead atoms. The summed E-state index contributed by atoms with van der Waals surface area (Å²) in [6.45, 7) is 6.65. The van der Waals surface area contributed by atoms with Crippen LogP contribution in [0.15, 0.2) is 48.5 Å². The summed E-state index contributed by atoms with van der Waals surface area (Å²) in [5.41, 5.74) is 9.00. The highest BCUT2D eigenvalue weighted by molar-refractivity contribution is 7.12. The van der Waals surface area contributed by atoms with Gasteiger partial charge < -0.3 is 15.0 Å². The SMILES string of the molecule is C=C(C(=O)OC)c1sccc1-c1cnc(CCCC)n1Cc1ccc(C(N)=O)cc1. The third-order valence-corrected chi connectivity index (χ3v) is 5.89. The van der Waals surface area contributed by atoms with Gasteiger partial charge in [0, 0.05) is 24.1 Å². The third kappa shape index (κ3) is 4.52. The Labute approximate surface area is 180 Å². The molecule has 0 aliphatic carbocycles. The number of rotatable bonds is 9. The number of carbonyl (C=O) groups is 2. The minimum atomic E-state index is -0.447. The normalized spacial score (nSPS) is 10.7. The fourth-order valence-electron chi connectivity index (χ4n) is 3.26. The first-order valence-corrected chi connectivity index (χ1v) is 10.6. The van der Waals surface area contributed by atoms with Gasteiger partial charge in [0.25, 0.3) is 0 Å². The fourth-order valence-corrected chi connectivity index (χ4v) is 4.12. The first kappa shape index (κ1) is 21.5. The van der Waals surface area contributed by atoms with Gasteiger partial charge in [-0.05, 0) is 35.6 Å². The van der Waals surface area contributed by atoms with Crippen LogP contribution in [0, 0.1) is 0 Å². The molecule has 0 radical (unpaired) electrons. The quantitative estimate of drug-likeness (QED) is 0.411. The van der Waals surface area contributed by atoms with Crippen LogP contribution in [0.25, 0.3) is 16.8 Å². The van der Waals surface area contributed by atoms with Crippen LogP contribution in [-0.2, 0) is 22.5 Å². The number of nitrogens with zero attached hydrogens (tertiary/aromatic N) is 2. The second-order valence-corrected chi connectivity index (χ2v) is 7.86. The van der Waals surface area contributed by atoms with Crippen molar-refractivity contribution < 1.29 is 14.3 Å². The Bertz CT molecular complexity index is 1060. The molecule has 0 saturated carbocycles. The van der Waals surface area contributed by atoms with Gasteiger partial charge in [0.2, 0.25) is 5.91 Å².